The smallest absolute Gasteiger partial charge is 0.0354 e. The van der Waals surface area contributed by atoms with Crippen molar-refractivity contribution in [2.75, 3.05) is 0 Å². The van der Waals surface area contributed by atoms with Crippen molar-refractivity contribution in [3.05, 3.63) is 65.7 Å². The second kappa shape index (κ2) is 4.79. The van der Waals surface area contributed by atoms with Crippen molar-refractivity contribution in [1.82, 2.24) is 0 Å². The molecule has 0 aliphatic heterocycles. The van der Waals surface area contributed by atoms with Gasteiger partial charge in [-0.05, 0) is 36.4 Å². The normalized spacial score (nSPS) is 9.40. The van der Waals surface area contributed by atoms with E-state index in [9.17, 15) is 0 Å². The third kappa shape index (κ3) is 2.95. The van der Waals surface area contributed by atoms with Gasteiger partial charge in [-0.15, -0.1) is 0 Å². The largest absolute Gasteiger partial charge is 0.0924 e. The highest BCUT2D eigenvalue weighted by Gasteiger charge is 1.86. The maximum atomic E-state index is 3.30. The Morgan fingerprint density at radius 2 is 1.53 bits per heavy atom. The van der Waals surface area contributed by atoms with E-state index >= 15 is 0 Å². The highest BCUT2D eigenvalue weighted by molar-refractivity contribution is 7.88. The average Bonchev–Trinajstić information content (AvgIpc) is 2.30. The summed E-state index contributed by atoms with van der Waals surface area (Å²) in [6.45, 7) is 2.10. The first-order valence-electron chi connectivity index (χ1n) is 4.89. The molecule has 0 unspecified atom stereocenters. The summed E-state index contributed by atoms with van der Waals surface area (Å²) in [5.74, 6) is 0. The monoisotopic (exact) mass is 212 g/mol. The van der Waals surface area contributed by atoms with Crippen molar-refractivity contribution < 1.29 is 0 Å². The van der Waals surface area contributed by atoms with Crippen LogP contribution in [0.2, 0.25) is 0 Å². The lowest BCUT2D eigenvalue weighted by molar-refractivity contribution is 1.38. The van der Waals surface area contributed by atoms with Gasteiger partial charge in [0.15, 0.2) is 0 Å². The maximum Gasteiger partial charge on any atom is 0.0354 e. The summed E-state index contributed by atoms with van der Waals surface area (Å²) < 4.78 is 0. The fourth-order valence-corrected chi connectivity index (χ4v) is 1.87. The lowest BCUT2D eigenvalue weighted by atomic mass is 10.2. The molecule has 0 amide bonds. The van der Waals surface area contributed by atoms with Gasteiger partial charge in [-0.1, -0.05) is 47.1 Å². The topological polar surface area (TPSA) is 0 Å². The summed E-state index contributed by atoms with van der Waals surface area (Å²) in [5, 5.41) is 3.30. The van der Waals surface area contributed by atoms with Gasteiger partial charge in [-0.2, -0.15) is 0 Å². The van der Waals surface area contributed by atoms with Crippen LogP contribution >= 0.6 is 11.2 Å². The van der Waals surface area contributed by atoms with E-state index in [-0.39, 0.29) is 0 Å². The van der Waals surface area contributed by atoms with Crippen molar-refractivity contribution in [3.8, 4) is 5.18 Å². The predicted octanol–water partition coefficient (Wildman–Crippen LogP) is 4.09. The highest BCUT2D eigenvalue weighted by atomic mass is 32.1. The van der Waals surface area contributed by atoms with Gasteiger partial charge in [-0.25, -0.2) is 0 Å². The van der Waals surface area contributed by atoms with Crippen LogP contribution < -0.4 is 0 Å². The molecule has 2 rings (SSSR count). The fourth-order valence-electron chi connectivity index (χ4n) is 1.23. The first kappa shape index (κ1) is 9.97. The molecule has 2 aromatic carbocycles. The molecule has 15 heavy (non-hydrogen) atoms. The van der Waals surface area contributed by atoms with Gasteiger partial charge in [0, 0.05) is 10.5 Å². The molecule has 0 atom stereocenters. The average molecular weight is 212 g/mol. The molecule has 0 aliphatic carbocycles. The molecule has 0 N–H and O–H groups in total. The maximum absolute atomic E-state index is 3.30. The van der Waals surface area contributed by atoms with Gasteiger partial charge in [-0.3, -0.25) is 0 Å². The fraction of sp³-hybridized carbons (Fsp3) is 0.0714. The standard InChI is InChI=1S/C14H12S/c1-12-7-9-14(10-8-12)15-11-13-5-3-2-4-6-13/h2-10H,1H3. The molecule has 2 aromatic rings. The molecule has 0 bridgehead atoms. The zero-order valence-corrected chi connectivity index (χ0v) is 9.42. The van der Waals surface area contributed by atoms with Gasteiger partial charge in [0.1, 0.15) is 0 Å². The number of benzene rings is 2. The molecule has 1 heteroatoms. The molecule has 74 valence electrons. The van der Waals surface area contributed by atoms with Crippen LogP contribution in [-0.4, -0.2) is 0 Å². The van der Waals surface area contributed by atoms with Crippen LogP contribution in [0.4, 0.5) is 0 Å². The van der Waals surface area contributed by atoms with Crippen LogP contribution in [0.5, 0.6) is 0 Å². The summed E-state index contributed by atoms with van der Waals surface area (Å²) in [5.41, 5.74) is 2.42. The molecule has 0 fully saturated rings. The van der Waals surface area contributed by atoms with Crippen LogP contribution in [0.25, 0.3) is 0 Å². The summed E-state index contributed by atoms with van der Waals surface area (Å²) in [6.07, 6.45) is 0. The Labute approximate surface area is 94.2 Å². The molecule has 0 nitrogen and oxygen atoms in total. The molecule has 0 aliphatic rings. The molecule has 0 aromatic heterocycles. The molecule has 0 spiro atoms. The van der Waals surface area contributed by atoms with Gasteiger partial charge in [0.2, 0.25) is 0 Å². The first-order chi connectivity index (χ1) is 7.34. The van der Waals surface area contributed by atoms with Crippen molar-refractivity contribution in [2.45, 2.75) is 11.8 Å². The molecular weight excluding hydrogens is 200 g/mol. The first-order valence-corrected chi connectivity index (χ1v) is 5.71. The van der Waals surface area contributed by atoms with E-state index in [1.165, 1.54) is 10.5 Å². The van der Waals surface area contributed by atoms with Crippen molar-refractivity contribution in [1.29, 1.82) is 0 Å². The van der Waals surface area contributed by atoms with E-state index in [1.54, 1.807) is 11.2 Å². The van der Waals surface area contributed by atoms with E-state index in [1.807, 2.05) is 18.2 Å². The Kier molecular flexibility index (Phi) is 3.18. The Morgan fingerprint density at radius 3 is 2.20 bits per heavy atom. The van der Waals surface area contributed by atoms with Crippen LogP contribution in [0, 0.1) is 12.1 Å². The Bertz CT molecular complexity index is 486. The quantitative estimate of drug-likeness (QED) is 0.617. The lowest BCUT2D eigenvalue weighted by Crippen LogP contribution is -1.70. The Balaban J connectivity index is 2.22. The second-order valence-electron chi connectivity index (χ2n) is 3.38. The number of rotatable bonds is 0. The third-order valence-corrected chi connectivity index (χ3v) is 2.93. The number of hydrogen-bond donors (Lipinski definition) is 0. The zero-order valence-electron chi connectivity index (χ0n) is 8.60. The van der Waals surface area contributed by atoms with E-state index in [0.29, 0.717) is 0 Å². The molecule has 0 saturated heterocycles. The van der Waals surface area contributed by atoms with Crippen LogP contribution in [-0.2, 0) is 0 Å². The van der Waals surface area contributed by atoms with Crippen LogP contribution in [0.3, 0.4) is 0 Å². The van der Waals surface area contributed by atoms with Crippen molar-refractivity contribution >= 4 is 11.2 Å². The summed E-state index contributed by atoms with van der Waals surface area (Å²) in [6, 6.07) is 18.7. The van der Waals surface area contributed by atoms with E-state index in [4.69, 9.17) is 0 Å². The minimum absolute atomic E-state index is 1.13. The lowest BCUT2D eigenvalue weighted by Gasteiger charge is -1.91. The predicted molar refractivity (Wildman–Crippen MR) is 66.5 cm³/mol. The summed E-state index contributed by atoms with van der Waals surface area (Å²) >= 11 is 1.63. The second-order valence-corrected chi connectivity index (χ2v) is 4.26. The summed E-state index contributed by atoms with van der Waals surface area (Å²) in [4.78, 5) is 1.23. The number of aryl methyl sites for hydroxylation is 1. The molecular formula is C14H12S. The van der Waals surface area contributed by atoms with Gasteiger partial charge >= 0.3 is 0 Å². The van der Waals surface area contributed by atoms with Gasteiger partial charge in [0.25, 0.3) is 0 Å². The number of hydrogen-bond acceptors (Lipinski definition) is 0. The molecule has 0 heterocycles. The van der Waals surface area contributed by atoms with E-state index < -0.39 is 0 Å². The van der Waals surface area contributed by atoms with Gasteiger partial charge in [0.05, 0.1) is 0 Å². The van der Waals surface area contributed by atoms with Crippen LogP contribution in [0.1, 0.15) is 11.1 Å². The van der Waals surface area contributed by atoms with E-state index in [2.05, 4.69) is 48.5 Å². The molecule has 0 radical (unpaired) electrons. The van der Waals surface area contributed by atoms with E-state index in [0.717, 1.165) is 5.56 Å². The minimum atomic E-state index is 1.13. The SMILES string of the molecule is Cc1ccc(S#Cc2ccccc2)cc1. The Morgan fingerprint density at radius 1 is 0.867 bits per heavy atom. The Hall–Kier alpha value is -1.56. The zero-order chi connectivity index (χ0) is 10.5. The third-order valence-electron chi connectivity index (χ3n) is 2.08. The van der Waals surface area contributed by atoms with Crippen molar-refractivity contribution in [2.24, 2.45) is 0 Å². The minimum Gasteiger partial charge on any atom is -0.0924 e. The summed E-state index contributed by atoms with van der Waals surface area (Å²) in [7, 11) is 0. The van der Waals surface area contributed by atoms with Crippen molar-refractivity contribution in [3.63, 3.8) is 0 Å². The van der Waals surface area contributed by atoms with Gasteiger partial charge < -0.3 is 0 Å². The highest BCUT2D eigenvalue weighted by Crippen LogP contribution is 2.10. The molecule has 0 saturated carbocycles. The van der Waals surface area contributed by atoms with Crippen LogP contribution in [0.15, 0.2) is 59.5 Å².